The minimum Gasteiger partial charge on any atom is -0.425 e. The van der Waals surface area contributed by atoms with Gasteiger partial charge in [-0.15, -0.1) is 10.2 Å². The molecular formula is C14H18FN3O. The van der Waals surface area contributed by atoms with E-state index in [0.717, 1.165) is 31.5 Å². The van der Waals surface area contributed by atoms with Gasteiger partial charge in [-0.1, -0.05) is 19.1 Å². The summed E-state index contributed by atoms with van der Waals surface area (Å²) < 4.78 is 18.3. The van der Waals surface area contributed by atoms with Crippen LogP contribution in [0.5, 0.6) is 0 Å². The lowest BCUT2D eigenvalue weighted by Gasteiger charge is -1.98. The Bertz CT molecular complexity index is 496. The van der Waals surface area contributed by atoms with Crippen molar-refractivity contribution < 1.29 is 8.81 Å². The second-order valence-electron chi connectivity index (χ2n) is 4.35. The molecule has 0 aliphatic carbocycles. The van der Waals surface area contributed by atoms with E-state index in [9.17, 15) is 4.39 Å². The molecule has 0 unspecified atom stereocenters. The van der Waals surface area contributed by atoms with Gasteiger partial charge in [0.1, 0.15) is 5.82 Å². The molecule has 5 heteroatoms. The van der Waals surface area contributed by atoms with Gasteiger partial charge in [0.25, 0.3) is 0 Å². The maximum atomic E-state index is 12.8. The van der Waals surface area contributed by atoms with Crippen molar-refractivity contribution in [1.82, 2.24) is 15.5 Å². The van der Waals surface area contributed by atoms with Gasteiger partial charge in [-0.3, -0.25) is 0 Å². The lowest BCUT2D eigenvalue weighted by atomic mass is 10.1. The highest BCUT2D eigenvalue weighted by atomic mass is 19.1. The third kappa shape index (κ3) is 4.44. The van der Waals surface area contributed by atoms with Crippen LogP contribution in [0.3, 0.4) is 0 Å². The van der Waals surface area contributed by atoms with Crippen LogP contribution in [-0.4, -0.2) is 23.3 Å². The second-order valence-corrected chi connectivity index (χ2v) is 4.35. The molecular weight excluding hydrogens is 245 g/mol. The lowest BCUT2D eigenvalue weighted by Crippen LogP contribution is -2.14. The largest absolute Gasteiger partial charge is 0.425 e. The van der Waals surface area contributed by atoms with Crippen molar-refractivity contribution in [2.45, 2.75) is 26.2 Å². The second kappa shape index (κ2) is 6.99. The van der Waals surface area contributed by atoms with Gasteiger partial charge < -0.3 is 9.73 Å². The standard InChI is InChI=1S/C14H18FN3O/c1-2-16-9-3-4-13-17-18-14(19-13)10-11-5-7-12(15)8-6-11/h5-8,16H,2-4,9-10H2,1H3. The molecule has 19 heavy (non-hydrogen) atoms. The Balaban J connectivity index is 1.85. The summed E-state index contributed by atoms with van der Waals surface area (Å²) in [7, 11) is 0. The zero-order valence-electron chi connectivity index (χ0n) is 11.0. The fourth-order valence-corrected chi connectivity index (χ4v) is 1.78. The average Bonchev–Trinajstić information content (AvgIpc) is 2.85. The van der Waals surface area contributed by atoms with Crippen LogP contribution in [-0.2, 0) is 12.8 Å². The van der Waals surface area contributed by atoms with Gasteiger partial charge in [0.2, 0.25) is 11.8 Å². The van der Waals surface area contributed by atoms with E-state index < -0.39 is 0 Å². The number of rotatable bonds is 7. The number of hydrogen-bond donors (Lipinski definition) is 1. The Morgan fingerprint density at radius 1 is 1.16 bits per heavy atom. The van der Waals surface area contributed by atoms with Crippen LogP contribution in [0.1, 0.15) is 30.7 Å². The SMILES string of the molecule is CCNCCCc1nnc(Cc2ccc(F)cc2)o1. The maximum absolute atomic E-state index is 12.8. The minimum absolute atomic E-state index is 0.238. The molecule has 1 heterocycles. The van der Waals surface area contributed by atoms with Crippen LogP contribution in [0.4, 0.5) is 4.39 Å². The third-order valence-corrected chi connectivity index (χ3v) is 2.77. The summed E-state index contributed by atoms with van der Waals surface area (Å²) >= 11 is 0. The Labute approximate surface area is 112 Å². The van der Waals surface area contributed by atoms with Crippen LogP contribution in [0.15, 0.2) is 28.7 Å². The molecule has 2 aromatic rings. The number of aryl methyl sites for hydroxylation is 1. The molecule has 102 valence electrons. The van der Waals surface area contributed by atoms with Crippen LogP contribution in [0.25, 0.3) is 0 Å². The molecule has 0 saturated carbocycles. The molecule has 0 radical (unpaired) electrons. The molecule has 0 saturated heterocycles. The first-order valence-electron chi connectivity index (χ1n) is 6.54. The zero-order chi connectivity index (χ0) is 13.5. The minimum atomic E-state index is -0.238. The highest BCUT2D eigenvalue weighted by Crippen LogP contribution is 2.10. The van der Waals surface area contributed by atoms with E-state index in [4.69, 9.17) is 4.42 Å². The van der Waals surface area contributed by atoms with Crippen LogP contribution in [0, 0.1) is 5.82 Å². The summed E-state index contributed by atoms with van der Waals surface area (Å²) in [5.41, 5.74) is 0.962. The molecule has 1 aromatic heterocycles. The number of halogens is 1. The molecule has 0 aliphatic rings. The van der Waals surface area contributed by atoms with Crippen LogP contribution >= 0.6 is 0 Å². The summed E-state index contributed by atoms with van der Waals surface area (Å²) in [6, 6.07) is 6.32. The Hall–Kier alpha value is -1.75. The van der Waals surface area contributed by atoms with Gasteiger partial charge in [-0.2, -0.15) is 0 Å². The molecule has 0 atom stereocenters. The van der Waals surface area contributed by atoms with Gasteiger partial charge in [-0.25, -0.2) is 4.39 Å². The lowest BCUT2D eigenvalue weighted by molar-refractivity contribution is 0.449. The van der Waals surface area contributed by atoms with Gasteiger partial charge in [0, 0.05) is 6.42 Å². The van der Waals surface area contributed by atoms with E-state index in [2.05, 4.69) is 22.4 Å². The van der Waals surface area contributed by atoms with Crippen molar-refractivity contribution in [3.05, 3.63) is 47.4 Å². The maximum Gasteiger partial charge on any atom is 0.220 e. The Morgan fingerprint density at radius 3 is 2.63 bits per heavy atom. The van der Waals surface area contributed by atoms with E-state index in [1.54, 1.807) is 12.1 Å². The summed E-state index contributed by atoms with van der Waals surface area (Å²) in [6.45, 7) is 4.00. The molecule has 0 aliphatic heterocycles. The molecule has 1 N–H and O–H groups in total. The number of aromatic nitrogens is 2. The van der Waals surface area contributed by atoms with Crippen molar-refractivity contribution in [3.8, 4) is 0 Å². The summed E-state index contributed by atoms with van der Waals surface area (Å²) in [5.74, 6) is 0.999. The van der Waals surface area contributed by atoms with Crippen molar-refractivity contribution >= 4 is 0 Å². The van der Waals surface area contributed by atoms with E-state index in [0.29, 0.717) is 18.2 Å². The van der Waals surface area contributed by atoms with Gasteiger partial charge >= 0.3 is 0 Å². The third-order valence-electron chi connectivity index (χ3n) is 2.77. The fourth-order valence-electron chi connectivity index (χ4n) is 1.78. The van der Waals surface area contributed by atoms with Crippen molar-refractivity contribution in [2.75, 3.05) is 13.1 Å². The topological polar surface area (TPSA) is 51.0 Å². The predicted octanol–water partition coefficient (Wildman–Crippen LogP) is 2.34. The Morgan fingerprint density at radius 2 is 1.89 bits per heavy atom. The Kier molecular flexibility index (Phi) is 5.03. The summed E-state index contributed by atoms with van der Waals surface area (Å²) in [4.78, 5) is 0. The molecule has 1 aromatic carbocycles. The van der Waals surface area contributed by atoms with E-state index in [1.807, 2.05) is 0 Å². The number of nitrogens with zero attached hydrogens (tertiary/aromatic N) is 2. The average molecular weight is 263 g/mol. The normalized spacial score (nSPS) is 10.8. The first kappa shape index (κ1) is 13.7. The number of benzene rings is 1. The van der Waals surface area contributed by atoms with Crippen LogP contribution in [0.2, 0.25) is 0 Å². The van der Waals surface area contributed by atoms with Crippen molar-refractivity contribution in [1.29, 1.82) is 0 Å². The van der Waals surface area contributed by atoms with Crippen molar-refractivity contribution in [2.24, 2.45) is 0 Å². The fraction of sp³-hybridized carbons (Fsp3) is 0.429. The first-order chi connectivity index (χ1) is 9.28. The monoisotopic (exact) mass is 263 g/mol. The molecule has 0 amide bonds. The van der Waals surface area contributed by atoms with Gasteiger partial charge in [-0.05, 0) is 37.2 Å². The smallest absolute Gasteiger partial charge is 0.220 e. The number of hydrogen-bond acceptors (Lipinski definition) is 4. The van der Waals surface area contributed by atoms with Crippen molar-refractivity contribution in [3.63, 3.8) is 0 Å². The highest BCUT2D eigenvalue weighted by molar-refractivity contribution is 5.18. The first-order valence-corrected chi connectivity index (χ1v) is 6.54. The van der Waals surface area contributed by atoms with Gasteiger partial charge in [0.05, 0.1) is 6.42 Å². The zero-order valence-corrected chi connectivity index (χ0v) is 11.0. The molecule has 4 nitrogen and oxygen atoms in total. The quantitative estimate of drug-likeness (QED) is 0.779. The molecule has 0 spiro atoms. The van der Waals surface area contributed by atoms with E-state index >= 15 is 0 Å². The predicted molar refractivity (Wildman–Crippen MR) is 70.4 cm³/mol. The molecule has 2 rings (SSSR count). The van der Waals surface area contributed by atoms with Gasteiger partial charge in [0.15, 0.2) is 0 Å². The summed E-state index contributed by atoms with van der Waals surface area (Å²) in [5, 5.41) is 11.3. The van der Waals surface area contributed by atoms with Crippen LogP contribution < -0.4 is 5.32 Å². The van der Waals surface area contributed by atoms with E-state index in [1.165, 1.54) is 12.1 Å². The highest BCUT2D eigenvalue weighted by Gasteiger charge is 2.06. The number of nitrogens with one attached hydrogen (secondary N) is 1. The summed E-state index contributed by atoms with van der Waals surface area (Å²) in [6.07, 6.45) is 2.30. The molecule has 0 fully saturated rings. The van der Waals surface area contributed by atoms with E-state index in [-0.39, 0.29) is 5.82 Å². The molecule has 0 bridgehead atoms.